The standard InChI is InChI=1S/C48H78O19/c1-20-10-13-48(43(61)67-42-38(35(58)32(55)26(18-50)64-42)65-40-36(59)33(56)30(53)22(3)62-40)15-14-46(6)23(29(48)21(20)2)8-9-28-44(4)16-24(52)39(45(5,19-51)27(44)11-12-47(28,46)7)66-41-37(60)34(57)31(54)25(17-49)63-41/h8,20-22,24-42,49-60H,9-19H2,1-7H3/t20-,21+,22+,24-,25-,26-,27-,28-,29+,30+,31-,32-,33-,34+,35+,36-,37-,38-,39+,40+,41+,42?,44+,45+,46-,47-,48+/m1/s1. The predicted octanol–water partition coefficient (Wildman–Crippen LogP) is -1.03. The third-order valence-electron chi connectivity index (χ3n) is 19.7. The highest BCUT2D eigenvalue weighted by Crippen LogP contribution is 2.76. The van der Waals surface area contributed by atoms with Crippen molar-refractivity contribution in [3.8, 4) is 0 Å². The number of hydrogen-bond donors (Lipinski definition) is 12. The van der Waals surface area contributed by atoms with Gasteiger partial charge in [-0.1, -0.05) is 53.2 Å². The summed E-state index contributed by atoms with van der Waals surface area (Å²) in [5.41, 5.74) is -2.24. The van der Waals surface area contributed by atoms with Gasteiger partial charge in [-0.05, 0) is 104 Å². The molecular weight excluding hydrogens is 881 g/mol. The van der Waals surface area contributed by atoms with Gasteiger partial charge in [-0.3, -0.25) is 4.79 Å². The van der Waals surface area contributed by atoms with E-state index in [0.29, 0.717) is 38.5 Å². The van der Waals surface area contributed by atoms with E-state index >= 15 is 4.79 Å². The molecule has 384 valence electrons. The van der Waals surface area contributed by atoms with Crippen molar-refractivity contribution in [1.29, 1.82) is 0 Å². The number of ether oxygens (including phenoxy) is 6. The van der Waals surface area contributed by atoms with E-state index in [1.54, 1.807) is 0 Å². The Bertz CT molecular complexity index is 1820. The van der Waals surface area contributed by atoms with Gasteiger partial charge in [0.2, 0.25) is 6.29 Å². The van der Waals surface area contributed by atoms with Gasteiger partial charge in [0.15, 0.2) is 18.7 Å². The highest BCUT2D eigenvalue weighted by atomic mass is 16.8. The van der Waals surface area contributed by atoms with Crippen LogP contribution >= 0.6 is 0 Å². The topological polar surface area (TPSA) is 315 Å². The first-order valence-electron chi connectivity index (χ1n) is 24.5. The van der Waals surface area contributed by atoms with Crippen LogP contribution in [0.5, 0.6) is 0 Å². The maximum absolute atomic E-state index is 15.2. The van der Waals surface area contributed by atoms with E-state index in [1.807, 2.05) is 6.92 Å². The predicted molar refractivity (Wildman–Crippen MR) is 231 cm³/mol. The Labute approximate surface area is 392 Å². The number of hydrogen-bond acceptors (Lipinski definition) is 19. The molecule has 0 aromatic rings. The van der Waals surface area contributed by atoms with E-state index in [1.165, 1.54) is 12.5 Å². The lowest BCUT2D eigenvalue weighted by atomic mass is 9.33. The molecule has 0 spiro atoms. The second-order valence-corrected chi connectivity index (χ2v) is 22.9. The Balaban J connectivity index is 1.09. The highest BCUT2D eigenvalue weighted by Gasteiger charge is 2.72. The summed E-state index contributed by atoms with van der Waals surface area (Å²) in [4.78, 5) is 15.2. The molecule has 8 rings (SSSR count). The first-order chi connectivity index (χ1) is 31.4. The van der Waals surface area contributed by atoms with E-state index in [9.17, 15) is 61.3 Å². The summed E-state index contributed by atoms with van der Waals surface area (Å²) in [6.07, 6.45) is -18.6. The molecule has 3 saturated heterocycles. The third-order valence-corrected chi connectivity index (χ3v) is 19.7. The zero-order chi connectivity index (χ0) is 49.1. The minimum Gasteiger partial charge on any atom is -0.432 e. The fraction of sp³-hybridized carbons (Fsp3) is 0.938. The summed E-state index contributed by atoms with van der Waals surface area (Å²) >= 11 is 0. The van der Waals surface area contributed by atoms with Crippen molar-refractivity contribution in [2.75, 3.05) is 19.8 Å². The summed E-state index contributed by atoms with van der Waals surface area (Å²) in [6, 6.07) is 0. The largest absolute Gasteiger partial charge is 0.432 e. The number of aliphatic hydroxyl groups is 12. The molecule has 4 saturated carbocycles. The highest BCUT2D eigenvalue weighted by molar-refractivity contribution is 5.79. The van der Waals surface area contributed by atoms with Crippen LogP contribution in [0.15, 0.2) is 11.6 Å². The number of rotatable bonds is 9. The minimum absolute atomic E-state index is 0.00795. The fourth-order valence-electron chi connectivity index (χ4n) is 15.3. The van der Waals surface area contributed by atoms with Crippen LogP contribution in [0.1, 0.15) is 99.8 Å². The third kappa shape index (κ3) is 7.83. The summed E-state index contributed by atoms with van der Waals surface area (Å²) in [7, 11) is 0. The second-order valence-electron chi connectivity index (χ2n) is 22.9. The molecule has 8 aliphatic rings. The lowest BCUT2D eigenvalue weighted by Gasteiger charge is -2.72. The molecule has 1 unspecified atom stereocenters. The quantitative estimate of drug-likeness (QED) is 0.0747. The Kier molecular flexibility index (Phi) is 14.4. The van der Waals surface area contributed by atoms with E-state index < -0.39 is 145 Å². The molecule has 12 N–H and O–H groups in total. The zero-order valence-corrected chi connectivity index (χ0v) is 39.8. The van der Waals surface area contributed by atoms with Gasteiger partial charge in [0.25, 0.3) is 0 Å². The van der Waals surface area contributed by atoms with Crippen molar-refractivity contribution < 1.29 is 94.5 Å². The Morgan fingerprint density at radius 1 is 0.672 bits per heavy atom. The normalized spacial score (nSPS) is 56.7. The van der Waals surface area contributed by atoms with Gasteiger partial charge in [0.1, 0.15) is 61.0 Å². The van der Waals surface area contributed by atoms with Crippen LogP contribution in [0, 0.1) is 56.7 Å². The average molecular weight is 959 g/mol. The smallest absolute Gasteiger partial charge is 0.315 e. The molecule has 0 aromatic carbocycles. The van der Waals surface area contributed by atoms with Crippen LogP contribution in [0.2, 0.25) is 0 Å². The van der Waals surface area contributed by atoms with Crippen LogP contribution < -0.4 is 0 Å². The number of aliphatic hydroxyl groups excluding tert-OH is 12. The molecule has 19 nitrogen and oxygen atoms in total. The van der Waals surface area contributed by atoms with Gasteiger partial charge >= 0.3 is 5.97 Å². The van der Waals surface area contributed by atoms with Gasteiger partial charge in [-0.2, -0.15) is 0 Å². The summed E-state index contributed by atoms with van der Waals surface area (Å²) in [5.74, 6) is -0.784. The Morgan fingerprint density at radius 2 is 1.27 bits per heavy atom. The summed E-state index contributed by atoms with van der Waals surface area (Å²) < 4.78 is 35.9. The first-order valence-corrected chi connectivity index (χ1v) is 24.5. The molecule has 0 bridgehead atoms. The zero-order valence-electron chi connectivity index (χ0n) is 39.8. The second kappa shape index (κ2) is 18.5. The minimum atomic E-state index is -1.79. The summed E-state index contributed by atoms with van der Waals surface area (Å²) in [6.45, 7) is 12.8. The van der Waals surface area contributed by atoms with Gasteiger partial charge in [-0.15, -0.1) is 0 Å². The van der Waals surface area contributed by atoms with Gasteiger partial charge in [0.05, 0.1) is 43.5 Å². The molecule has 0 radical (unpaired) electrons. The molecule has 27 atom stereocenters. The molecule has 67 heavy (non-hydrogen) atoms. The Morgan fingerprint density at radius 3 is 1.90 bits per heavy atom. The lowest BCUT2D eigenvalue weighted by molar-refractivity contribution is -0.361. The first kappa shape index (κ1) is 51.9. The SMILES string of the molecule is C[C@H]1[C@H](C)CC[C@]2(C(=O)OC3O[C@H](CO)[C@@H](O)[C@H](O)[C@H]3O[C@@H]3O[C@@H](C)[C@H](O)[C@@H](O)[C@H]3O)CC[C@]3(C)C(=CC[C@@H]4[C@@]5(C)C[C@@H](O)[C@H](O[C@@H]6O[C@H](CO)[C@@H](O)[C@H](O)[C@H]6O)[C@@](C)(CO)[C@@H]5CC[C@]43C)[C@H]12. The van der Waals surface area contributed by atoms with Crippen LogP contribution in [-0.2, 0) is 33.2 Å². The van der Waals surface area contributed by atoms with Crippen LogP contribution in [0.3, 0.4) is 0 Å². The van der Waals surface area contributed by atoms with Crippen LogP contribution in [0.25, 0.3) is 0 Å². The molecule has 3 aliphatic heterocycles. The fourth-order valence-corrected chi connectivity index (χ4v) is 15.3. The van der Waals surface area contributed by atoms with Crippen molar-refractivity contribution in [3.63, 3.8) is 0 Å². The molecule has 5 aliphatic carbocycles. The number of esters is 1. The average Bonchev–Trinajstić information content (AvgIpc) is 3.29. The van der Waals surface area contributed by atoms with Crippen molar-refractivity contribution >= 4 is 5.97 Å². The lowest BCUT2D eigenvalue weighted by Crippen LogP contribution is -2.69. The monoisotopic (exact) mass is 959 g/mol. The van der Waals surface area contributed by atoms with Crippen molar-refractivity contribution in [3.05, 3.63) is 11.6 Å². The molecule has 0 amide bonds. The molecule has 0 aromatic heterocycles. The van der Waals surface area contributed by atoms with Crippen LogP contribution in [0.4, 0.5) is 0 Å². The van der Waals surface area contributed by atoms with Gasteiger partial charge in [-0.25, -0.2) is 0 Å². The van der Waals surface area contributed by atoms with Crippen molar-refractivity contribution in [2.45, 2.75) is 204 Å². The van der Waals surface area contributed by atoms with Crippen molar-refractivity contribution in [2.24, 2.45) is 56.7 Å². The molecular formula is C48H78O19. The number of carbonyl (C=O) groups is 1. The summed E-state index contributed by atoms with van der Waals surface area (Å²) in [5, 5.41) is 129. The van der Waals surface area contributed by atoms with Crippen molar-refractivity contribution in [1.82, 2.24) is 0 Å². The van der Waals surface area contributed by atoms with E-state index in [0.717, 1.165) is 12.8 Å². The van der Waals surface area contributed by atoms with E-state index in [-0.39, 0.29) is 41.6 Å². The number of carbonyl (C=O) groups excluding carboxylic acids is 1. The number of allylic oxidation sites excluding steroid dienone is 2. The van der Waals surface area contributed by atoms with E-state index in [2.05, 4.69) is 40.7 Å². The van der Waals surface area contributed by atoms with E-state index in [4.69, 9.17) is 28.4 Å². The Hall–Kier alpha value is -1.47. The van der Waals surface area contributed by atoms with Crippen LogP contribution in [-0.4, -0.2) is 191 Å². The van der Waals surface area contributed by atoms with Gasteiger partial charge in [0, 0.05) is 5.41 Å². The molecule has 19 heteroatoms. The molecule has 7 fully saturated rings. The number of fused-ring (bicyclic) bond motifs is 7. The maximum atomic E-state index is 15.2. The maximum Gasteiger partial charge on any atom is 0.315 e. The van der Waals surface area contributed by atoms with Gasteiger partial charge < -0.3 is 89.7 Å². The molecule has 3 heterocycles.